The van der Waals surface area contributed by atoms with Gasteiger partial charge >= 0.3 is 0 Å². The molecule has 0 saturated carbocycles. The Balaban J connectivity index is 1.81. The minimum absolute atomic E-state index is 0.0764. The molecule has 1 fully saturated rings. The second-order valence-corrected chi connectivity index (χ2v) is 6.86. The highest BCUT2D eigenvalue weighted by molar-refractivity contribution is 6.20. The van der Waals surface area contributed by atoms with Gasteiger partial charge in [-0.1, -0.05) is 60.7 Å². The van der Waals surface area contributed by atoms with Crippen molar-refractivity contribution in [1.82, 2.24) is 4.90 Å². The molecule has 1 saturated heterocycles. The summed E-state index contributed by atoms with van der Waals surface area (Å²) in [4.78, 5) is 2.54. The Hall–Kier alpha value is -1.35. The molecule has 1 aliphatic rings. The van der Waals surface area contributed by atoms with E-state index in [1.54, 1.807) is 0 Å². The third-order valence-electron chi connectivity index (χ3n) is 4.86. The Bertz CT molecular complexity index is 542. The van der Waals surface area contributed by atoms with E-state index >= 15 is 0 Å². The van der Waals surface area contributed by atoms with Gasteiger partial charge in [0, 0.05) is 0 Å². The fraction of sp³-hybridized carbons (Fsp3) is 0.400. The summed E-state index contributed by atoms with van der Waals surface area (Å²) in [5.74, 6) is 0.421. The van der Waals surface area contributed by atoms with Crippen molar-refractivity contribution in [3.63, 3.8) is 0 Å². The van der Waals surface area contributed by atoms with E-state index in [1.807, 2.05) is 0 Å². The first kappa shape index (κ1) is 16.5. The van der Waals surface area contributed by atoms with Crippen molar-refractivity contribution in [2.24, 2.45) is 5.92 Å². The Kier molecular flexibility index (Phi) is 5.71. The zero-order valence-corrected chi connectivity index (χ0v) is 14.1. The van der Waals surface area contributed by atoms with Crippen molar-refractivity contribution >= 4 is 11.6 Å². The maximum Gasteiger partial charge on any atom is 0.0601 e. The number of halogens is 1. The zero-order valence-electron chi connectivity index (χ0n) is 13.3. The first-order valence-corrected chi connectivity index (χ1v) is 8.82. The lowest BCUT2D eigenvalue weighted by atomic mass is 9.89. The Morgan fingerprint density at radius 3 is 1.83 bits per heavy atom. The molecule has 0 aromatic heterocycles. The molecule has 0 amide bonds. The van der Waals surface area contributed by atoms with Gasteiger partial charge in [0.05, 0.1) is 18.0 Å². The number of piperidine rings is 1. The molecule has 0 spiro atoms. The van der Waals surface area contributed by atoms with E-state index in [4.69, 9.17) is 11.6 Å². The van der Waals surface area contributed by atoms with Crippen LogP contribution in [0.25, 0.3) is 0 Å². The molecular weight excluding hydrogens is 306 g/mol. The third kappa shape index (κ3) is 3.95. The molecule has 23 heavy (non-hydrogen) atoms. The summed E-state index contributed by atoms with van der Waals surface area (Å²) in [6.07, 6.45) is 2.09. The molecule has 2 nitrogen and oxygen atoms in total. The summed E-state index contributed by atoms with van der Waals surface area (Å²) in [5.41, 5.74) is 2.67. The van der Waals surface area contributed by atoms with Crippen LogP contribution in [0.4, 0.5) is 0 Å². The lowest BCUT2D eigenvalue weighted by molar-refractivity contribution is 0.136. The third-order valence-corrected chi connectivity index (χ3v) is 5.35. The number of alkyl halides is 1. The molecule has 3 heteroatoms. The minimum Gasteiger partial charge on any atom is -0.395 e. The van der Waals surface area contributed by atoms with E-state index in [-0.39, 0.29) is 12.0 Å². The quantitative estimate of drug-likeness (QED) is 0.835. The fourth-order valence-electron chi connectivity index (χ4n) is 3.57. The van der Waals surface area contributed by atoms with Crippen molar-refractivity contribution in [2.45, 2.75) is 24.3 Å². The molecule has 2 aromatic rings. The van der Waals surface area contributed by atoms with Crippen LogP contribution < -0.4 is 0 Å². The summed E-state index contributed by atoms with van der Waals surface area (Å²) in [6.45, 7) is 2.11. The van der Waals surface area contributed by atoms with Crippen LogP contribution in [0.15, 0.2) is 60.7 Å². The molecule has 1 N–H and O–H groups in total. The molecule has 2 aromatic carbocycles. The second-order valence-electron chi connectivity index (χ2n) is 6.30. The van der Waals surface area contributed by atoms with Crippen LogP contribution in [0.3, 0.4) is 0 Å². The summed E-state index contributed by atoms with van der Waals surface area (Å²) in [6, 6.07) is 21.7. The normalized spacial score (nSPS) is 18.2. The highest BCUT2D eigenvalue weighted by atomic mass is 35.5. The first-order chi connectivity index (χ1) is 11.3. The molecule has 1 unspecified atom stereocenters. The molecule has 0 bridgehead atoms. The van der Waals surface area contributed by atoms with Crippen LogP contribution in [0, 0.1) is 5.92 Å². The van der Waals surface area contributed by atoms with Crippen molar-refractivity contribution in [1.29, 1.82) is 0 Å². The van der Waals surface area contributed by atoms with Crippen LogP contribution in [0.1, 0.15) is 30.0 Å². The van der Waals surface area contributed by atoms with Crippen LogP contribution in [-0.2, 0) is 0 Å². The SMILES string of the molecule is OCC(Cl)C1CCN(C(c2ccccc2)c2ccccc2)CC1. The zero-order chi connectivity index (χ0) is 16.1. The molecule has 1 aliphatic heterocycles. The van der Waals surface area contributed by atoms with E-state index in [0.29, 0.717) is 12.0 Å². The van der Waals surface area contributed by atoms with Gasteiger partial charge in [-0.2, -0.15) is 0 Å². The Morgan fingerprint density at radius 1 is 0.913 bits per heavy atom. The summed E-state index contributed by atoms with van der Waals surface area (Å²) in [7, 11) is 0. The highest BCUT2D eigenvalue weighted by Gasteiger charge is 2.29. The number of aliphatic hydroxyl groups is 1. The fourth-order valence-corrected chi connectivity index (χ4v) is 3.83. The number of likely N-dealkylation sites (tertiary alicyclic amines) is 1. The van der Waals surface area contributed by atoms with E-state index in [9.17, 15) is 5.11 Å². The highest BCUT2D eigenvalue weighted by Crippen LogP contribution is 2.33. The molecular formula is C20H24ClNO. The molecule has 0 radical (unpaired) electrons. The van der Waals surface area contributed by atoms with Gasteiger partial charge in [-0.25, -0.2) is 0 Å². The lowest BCUT2D eigenvalue weighted by Crippen LogP contribution is -2.39. The molecule has 122 valence electrons. The number of hydrogen-bond acceptors (Lipinski definition) is 2. The first-order valence-electron chi connectivity index (χ1n) is 8.38. The monoisotopic (exact) mass is 329 g/mol. The number of nitrogens with zero attached hydrogens (tertiary/aromatic N) is 1. The van der Waals surface area contributed by atoms with Gasteiger partial charge in [0.1, 0.15) is 0 Å². The number of rotatable bonds is 5. The number of aliphatic hydroxyl groups excluding tert-OH is 1. The van der Waals surface area contributed by atoms with E-state index in [0.717, 1.165) is 25.9 Å². The van der Waals surface area contributed by atoms with Crippen molar-refractivity contribution in [3.05, 3.63) is 71.8 Å². The maximum absolute atomic E-state index is 9.27. The van der Waals surface area contributed by atoms with Crippen LogP contribution in [0.2, 0.25) is 0 Å². The van der Waals surface area contributed by atoms with Crippen molar-refractivity contribution < 1.29 is 5.11 Å². The van der Waals surface area contributed by atoms with Crippen LogP contribution >= 0.6 is 11.6 Å². The summed E-state index contributed by atoms with van der Waals surface area (Å²) >= 11 is 6.24. The minimum atomic E-state index is -0.107. The predicted octanol–water partition coefficient (Wildman–Crippen LogP) is 4.09. The van der Waals surface area contributed by atoms with Gasteiger partial charge in [0.15, 0.2) is 0 Å². The molecule has 1 heterocycles. The van der Waals surface area contributed by atoms with Crippen LogP contribution in [-0.4, -0.2) is 35.1 Å². The molecule has 1 atom stereocenters. The summed E-state index contributed by atoms with van der Waals surface area (Å²) < 4.78 is 0. The topological polar surface area (TPSA) is 23.5 Å². The number of hydrogen-bond donors (Lipinski definition) is 1. The van der Waals surface area contributed by atoms with Gasteiger partial charge in [-0.3, -0.25) is 4.90 Å². The van der Waals surface area contributed by atoms with E-state index < -0.39 is 0 Å². The predicted molar refractivity (Wildman–Crippen MR) is 95.8 cm³/mol. The van der Waals surface area contributed by atoms with Crippen molar-refractivity contribution in [3.8, 4) is 0 Å². The Morgan fingerprint density at radius 2 is 1.39 bits per heavy atom. The standard InChI is InChI=1S/C20H24ClNO/c21-19(15-23)16-11-13-22(14-12-16)20(17-7-3-1-4-8-17)18-9-5-2-6-10-18/h1-10,16,19-20,23H,11-15H2. The lowest BCUT2D eigenvalue weighted by Gasteiger charge is -2.39. The van der Waals surface area contributed by atoms with Gasteiger partial charge in [0.25, 0.3) is 0 Å². The summed E-state index contributed by atoms with van der Waals surface area (Å²) in [5, 5.41) is 9.17. The molecule has 0 aliphatic carbocycles. The number of benzene rings is 2. The van der Waals surface area contributed by atoms with Gasteiger partial charge in [0.2, 0.25) is 0 Å². The Labute approximate surface area is 143 Å². The van der Waals surface area contributed by atoms with Crippen LogP contribution in [0.5, 0.6) is 0 Å². The van der Waals surface area contributed by atoms with Crippen molar-refractivity contribution in [2.75, 3.05) is 19.7 Å². The maximum atomic E-state index is 9.27. The average Bonchev–Trinajstić information content (AvgIpc) is 2.64. The van der Waals surface area contributed by atoms with Gasteiger partial charge in [-0.05, 0) is 43.0 Å². The molecule has 3 rings (SSSR count). The largest absolute Gasteiger partial charge is 0.395 e. The van der Waals surface area contributed by atoms with E-state index in [2.05, 4.69) is 65.6 Å². The smallest absolute Gasteiger partial charge is 0.0601 e. The van der Waals surface area contributed by atoms with Gasteiger partial charge < -0.3 is 5.11 Å². The van der Waals surface area contributed by atoms with Gasteiger partial charge in [-0.15, -0.1) is 11.6 Å². The second kappa shape index (κ2) is 7.96. The van der Waals surface area contributed by atoms with E-state index in [1.165, 1.54) is 11.1 Å². The average molecular weight is 330 g/mol.